The van der Waals surface area contributed by atoms with E-state index in [1.807, 2.05) is 6.07 Å². The van der Waals surface area contributed by atoms with Crippen molar-refractivity contribution >= 4 is 27.6 Å². The number of rotatable bonds is 6. The van der Waals surface area contributed by atoms with E-state index in [2.05, 4.69) is 48.9 Å². The molecule has 106 valence electrons. The quantitative estimate of drug-likeness (QED) is 0.809. The fourth-order valence-electron chi connectivity index (χ4n) is 2.29. The van der Waals surface area contributed by atoms with Crippen molar-refractivity contribution in [2.24, 2.45) is 17.8 Å². The van der Waals surface area contributed by atoms with E-state index < -0.39 is 5.97 Å². The Morgan fingerprint density at radius 2 is 1.79 bits per heavy atom. The average Bonchev–Trinajstić information content (AvgIpc) is 2.27. The van der Waals surface area contributed by atoms with Gasteiger partial charge in [0.2, 0.25) is 0 Å². The highest BCUT2D eigenvalue weighted by molar-refractivity contribution is 9.10. The van der Waals surface area contributed by atoms with Gasteiger partial charge in [0.1, 0.15) is 0 Å². The smallest absolute Gasteiger partial charge is 0.335 e. The van der Waals surface area contributed by atoms with Crippen molar-refractivity contribution in [2.75, 3.05) is 11.9 Å². The van der Waals surface area contributed by atoms with E-state index in [-0.39, 0.29) is 0 Å². The maximum atomic E-state index is 11.0. The maximum Gasteiger partial charge on any atom is 0.335 e. The minimum atomic E-state index is -0.909. The number of benzene rings is 1. The van der Waals surface area contributed by atoms with E-state index >= 15 is 0 Å². The number of anilines is 1. The van der Waals surface area contributed by atoms with Crippen LogP contribution in [0.15, 0.2) is 22.7 Å². The number of hydrogen-bond acceptors (Lipinski definition) is 2. The summed E-state index contributed by atoms with van der Waals surface area (Å²) in [6.45, 7) is 9.72. The lowest BCUT2D eigenvalue weighted by molar-refractivity contribution is 0.0697. The Kier molecular flexibility index (Phi) is 5.85. The van der Waals surface area contributed by atoms with Crippen LogP contribution in [0.4, 0.5) is 5.69 Å². The lowest BCUT2D eigenvalue weighted by Gasteiger charge is -2.25. The molecule has 2 N–H and O–H groups in total. The lowest BCUT2D eigenvalue weighted by atomic mass is 9.85. The SMILES string of the molecule is CC(C)C(CNc1cc(Br)cc(C(=O)O)c1)C(C)C. The van der Waals surface area contributed by atoms with Gasteiger partial charge in [0.05, 0.1) is 5.56 Å². The Morgan fingerprint density at radius 3 is 2.26 bits per heavy atom. The van der Waals surface area contributed by atoms with Gasteiger partial charge in [0.25, 0.3) is 0 Å². The molecule has 0 amide bonds. The van der Waals surface area contributed by atoms with Crippen molar-refractivity contribution in [1.29, 1.82) is 0 Å². The molecule has 1 aromatic rings. The molecule has 0 spiro atoms. The Labute approximate surface area is 123 Å². The van der Waals surface area contributed by atoms with Crippen LogP contribution in [-0.2, 0) is 0 Å². The minimum absolute atomic E-state index is 0.294. The van der Waals surface area contributed by atoms with Crippen molar-refractivity contribution in [2.45, 2.75) is 27.7 Å². The normalized spacial score (nSPS) is 11.4. The van der Waals surface area contributed by atoms with Crippen LogP contribution in [0.2, 0.25) is 0 Å². The van der Waals surface area contributed by atoms with E-state index in [1.165, 1.54) is 0 Å². The van der Waals surface area contributed by atoms with Crippen LogP contribution < -0.4 is 5.32 Å². The fourth-order valence-corrected chi connectivity index (χ4v) is 2.79. The number of carboxylic acids is 1. The summed E-state index contributed by atoms with van der Waals surface area (Å²) in [5.41, 5.74) is 1.14. The molecule has 0 fully saturated rings. The summed E-state index contributed by atoms with van der Waals surface area (Å²) in [5.74, 6) is 0.845. The maximum absolute atomic E-state index is 11.0. The van der Waals surface area contributed by atoms with Crippen LogP contribution in [0.5, 0.6) is 0 Å². The molecule has 0 atom stereocenters. The van der Waals surface area contributed by atoms with Crippen LogP contribution in [0.3, 0.4) is 0 Å². The number of hydrogen-bond donors (Lipinski definition) is 2. The molecule has 1 rings (SSSR count). The Hall–Kier alpha value is -1.03. The molecule has 1 aromatic carbocycles. The van der Waals surface area contributed by atoms with Crippen LogP contribution in [0.25, 0.3) is 0 Å². The summed E-state index contributed by atoms with van der Waals surface area (Å²) in [4.78, 5) is 11.0. The van der Waals surface area contributed by atoms with Gasteiger partial charge in [-0.1, -0.05) is 43.6 Å². The van der Waals surface area contributed by atoms with Crippen molar-refractivity contribution in [3.63, 3.8) is 0 Å². The van der Waals surface area contributed by atoms with Crippen molar-refractivity contribution in [3.8, 4) is 0 Å². The first kappa shape index (κ1) is 16.0. The first-order valence-corrected chi connectivity index (χ1v) is 7.38. The van der Waals surface area contributed by atoms with Crippen LogP contribution in [-0.4, -0.2) is 17.6 Å². The summed E-state index contributed by atoms with van der Waals surface area (Å²) in [6, 6.07) is 5.19. The molecule has 0 radical (unpaired) electrons. The van der Waals surface area contributed by atoms with Gasteiger partial charge in [-0.2, -0.15) is 0 Å². The van der Waals surface area contributed by atoms with Gasteiger partial charge in [-0.3, -0.25) is 0 Å². The highest BCUT2D eigenvalue weighted by Gasteiger charge is 2.17. The van der Waals surface area contributed by atoms with Crippen molar-refractivity contribution in [3.05, 3.63) is 28.2 Å². The van der Waals surface area contributed by atoms with E-state index in [1.54, 1.807) is 12.1 Å². The first-order chi connectivity index (χ1) is 8.81. The molecule has 4 heteroatoms. The molecule has 0 aromatic heterocycles. The topological polar surface area (TPSA) is 49.3 Å². The third kappa shape index (κ3) is 4.86. The number of aromatic carboxylic acids is 1. The number of carboxylic acid groups (broad SMARTS) is 1. The predicted octanol–water partition coefficient (Wildman–Crippen LogP) is 4.49. The molecular weight excluding hydrogens is 306 g/mol. The highest BCUT2D eigenvalue weighted by atomic mass is 79.9. The zero-order chi connectivity index (χ0) is 14.6. The van der Waals surface area contributed by atoms with E-state index in [4.69, 9.17) is 5.11 Å². The number of nitrogens with one attached hydrogen (secondary N) is 1. The van der Waals surface area contributed by atoms with Gasteiger partial charge in [-0.05, 0) is 36.0 Å². The van der Waals surface area contributed by atoms with Crippen molar-refractivity contribution < 1.29 is 9.90 Å². The van der Waals surface area contributed by atoms with E-state index in [9.17, 15) is 4.79 Å². The van der Waals surface area contributed by atoms with Gasteiger partial charge < -0.3 is 10.4 Å². The average molecular weight is 328 g/mol. The van der Waals surface area contributed by atoms with E-state index in [0.717, 1.165) is 16.7 Å². The Bertz CT molecular complexity index is 436. The zero-order valence-electron chi connectivity index (χ0n) is 11.9. The molecule has 0 unspecified atom stereocenters. The summed E-state index contributed by atoms with van der Waals surface area (Å²) in [5, 5.41) is 12.4. The number of halogens is 1. The third-order valence-corrected chi connectivity index (χ3v) is 3.86. The molecule has 0 aliphatic carbocycles. The molecule has 19 heavy (non-hydrogen) atoms. The molecule has 0 aliphatic heterocycles. The molecule has 0 saturated carbocycles. The second-order valence-corrected chi connectivity index (χ2v) is 6.48. The van der Waals surface area contributed by atoms with Gasteiger partial charge in [0.15, 0.2) is 0 Å². The second kappa shape index (κ2) is 6.94. The summed E-state index contributed by atoms with van der Waals surface area (Å²) >= 11 is 3.34. The third-order valence-electron chi connectivity index (χ3n) is 3.40. The molecule has 0 heterocycles. The second-order valence-electron chi connectivity index (χ2n) is 5.57. The molecule has 0 bridgehead atoms. The molecule has 3 nitrogen and oxygen atoms in total. The standard InChI is InChI=1S/C15H22BrNO2/c1-9(2)14(10(3)4)8-17-13-6-11(15(18)19)5-12(16)7-13/h5-7,9-10,14,17H,8H2,1-4H3,(H,18,19). The molecular formula is C15H22BrNO2. The largest absolute Gasteiger partial charge is 0.478 e. The lowest BCUT2D eigenvalue weighted by Crippen LogP contribution is -2.24. The van der Waals surface area contributed by atoms with Gasteiger partial charge in [-0.15, -0.1) is 0 Å². The van der Waals surface area contributed by atoms with Gasteiger partial charge in [-0.25, -0.2) is 4.79 Å². The highest BCUT2D eigenvalue weighted by Crippen LogP contribution is 2.23. The summed E-state index contributed by atoms with van der Waals surface area (Å²) in [7, 11) is 0. The van der Waals surface area contributed by atoms with Crippen LogP contribution in [0, 0.1) is 17.8 Å². The van der Waals surface area contributed by atoms with Crippen molar-refractivity contribution in [1.82, 2.24) is 0 Å². The van der Waals surface area contributed by atoms with Crippen LogP contribution >= 0.6 is 15.9 Å². The predicted molar refractivity (Wildman–Crippen MR) is 82.8 cm³/mol. The van der Waals surface area contributed by atoms with Gasteiger partial charge in [0, 0.05) is 16.7 Å². The van der Waals surface area contributed by atoms with Crippen LogP contribution in [0.1, 0.15) is 38.1 Å². The Balaban J connectivity index is 2.79. The minimum Gasteiger partial charge on any atom is -0.478 e. The van der Waals surface area contributed by atoms with Gasteiger partial charge >= 0.3 is 5.97 Å². The zero-order valence-corrected chi connectivity index (χ0v) is 13.5. The number of carbonyl (C=O) groups is 1. The molecule has 0 aliphatic rings. The fraction of sp³-hybridized carbons (Fsp3) is 0.533. The summed E-state index contributed by atoms with van der Waals surface area (Å²) in [6.07, 6.45) is 0. The Morgan fingerprint density at radius 1 is 1.21 bits per heavy atom. The first-order valence-electron chi connectivity index (χ1n) is 6.59. The monoisotopic (exact) mass is 327 g/mol. The summed E-state index contributed by atoms with van der Waals surface area (Å²) < 4.78 is 0.778. The molecule has 0 saturated heterocycles. The van der Waals surface area contributed by atoms with E-state index in [0.29, 0.717) is 23.3 Å².